The molecule has 0 aliphatic rings. The molecule has 4 N–H and O–H groups in total. The van der Waals surface area contributed by atoms with E-state index in [-0.39, 0.29) is 6.61 Å². The normalized spacial score (nSPS) is 11.8. The van der Waals surface area contributed by atoms with Gasteiger partial charge in [0.2, 0.25) is 0 Å². The molecular weight excluding hydrogens is 240 g/mol. The third kappa shape index (κ3) is 4.52. The Kier molecular flexibility index (Phi) is 4.64. The van der Waals surface area contributed by atoms with E-state index in [1.807, 2.05) is 54.6 Å². The molecule has 0 fully saturated rings. The fourth-order valence-electron chi connectivity index (χ4n) is 1.65. The molecule has 0 radical (unpaired) electrons. The van der Waals surface area contributed by atoms with Crippen molar-refractivity contribution in [1.82, 2.24) is 0 Å². The van der Waals surface area contributed by atoms with Crippen LogP contribution in [0, 0.1) is 0 Å². The summed E-state index contributed by atoms with van der Waals surface area (Å²) in [5.41, 5.74) is 7.25. The molecule has 0 saturated carbocycles. The van der Waals surface area contributed by atoms with Gasteiger partial charge in [-0.15, -0.1) is 0 Å². The molecule has 2 aromatic rings. The summed E-state index contributed by atoms with van der Waals surface area (Å²) in [5, 5.41) is 12.9. The van der Waals surface area contributed by atoms with E-state index in [9.17, 15) is 5.11 Å². The van der Waals surface area contributed by atoms with Crippen LogP contribution in [-0.4, -0.2) is 24.4 Å². The molecule has 4 nitrogen and oxygen atoms in total. The van der Waals surface area contributed by atoms with E-state index in [2.05, 4.69) is 5.32 Å². The minimum Gasteiger partial charge on any atom is -0.491 e. The first kappa shape index (κ1) is 13.2. The van der Waals surface area contributed by atoms with Crippen LogP contribution in [0.1, 0.15) is 0 Å². The quantitative estimate of drug-likeness (QED) is 0.694. The average Bonchev–Trinajstić information content (AvgIpc) is 2.44. The van der Waals surface area contributed by atoms with Gasteiger partial charge in [0.1, 0.15) is 18.5 Å². The SMILES string of the molecule is Nc1cccc(NCC(O)COc2ccccc2)c1. The van der Waals surface area contributed by atoms with Gasteiger partial charge in [-0.25, -0.2) is 0 Å². The zero-order chi connectivity index (χ0) is 13.5. The van der Waals surface area contributed by atoms with Crippen LogP contribution in [0.5, 0.6) is 5.75 Å². The number of nitrogen functional groups attached to an aromatic ring is 1. The molecule has 2 aromatic carbocycles. The average molecular weight is 258 g/mol. The number of rotatable bonds is 6. The van der Waals surface area contributed by atoms with Gasteiger partial charge in [-0.2, -0.15) is 0 Å². The third-order valence-electron chi connectivity index (χ3n) is 2.61. The van der Waals surface area contributed by atoms with Crippen LogP contribution in [0.2, 0.25) is 0 Å². The zero-order valence-electron chi connectivity index (χ0n) is 10.6. The predicted molar refractivity (Wildman–Crippen MR) is 77.3 cm³/mol. The number of nitrogens with one attached hydrogen (secondary N) is 1. The second-order valence-corrected chi connectivity index (χ2v) is 4.28. The number of aliphatic hydroxyl groups is 1. The molecule has 0 bridgehead atoms. The number of para-hydroxylation sites is 1. The lowest BCUT2D eigenvalue weighted by molar-refractivity contribution is 0.117. The van der Waals surface area contributed by atoms with Crippen molar-refractivity contribution in [2.24, 2.45) is 0 Å². The predicted octanol–water partition coefficient (Wildman–Crippen LogP) is 2.12. The molecule has 0 heterocycles. The molecule has 19 heavy (non-hydrogen) atoms. The fraction of sp³-hybridized carbons (Fsp3) is 0.200. The molecule has 0 aliphatic heterocycles. The van der Waals surface area contributed by atoms with Crippen molar-refractivity contribution < 1.29 is 9.84 Å². The van der Waals surface area contributed by atoms with Crippen LogP contribution in [-0.2, 0) is 0 Å². The van der Waals surface area contributed by atoms with Gasteiger partial charge in [0.05, 0.1) is 0 Å². The Morgan fingerprint density at radius 1 is 1.11 bits per heavy atom. The first-order valence-electron chi connectivity index (χ1n) is 6.19. The summed E-state index contributed by atoms with van der Waals surface area (Å²) < 4.78 is 5.47. The molecule has 1 unspecified atom stereocenters. The minimum atomic E-state index is -0.582. The van der Waals surface area contributed by atoms with Crippen molar-refractivity contribution >= 4 is 11.4 Å². The van der Waals surface area contributed by atoms with Crippen LogP contribution < -0.4 is 15.8 Å². The van der Waals surface area contributed by atoms with Crippen LogP contribution in [0.3, 0.4) is 0 Å². The summed E-state index contributed by atoms with van der Waals surface area (Å²) in [6.07, 6.45) is -0.582. The van der Waals surface area contributed by atoms with Gasteiger partial charge in [-0.05, 0) is 30.3 Å². The van der Waals surface area contributed by atoms with Crippen LogP contribution in [0.15, 0.2) is 54.6 Å². The highest BCUT2D eigenvalue weighted by Gasteiger charge is 2.05. The fourth-order valence-corrected chi connectivity index (χ4v) is 1.65. The van der Waals surface area contributed by atoms with Gasteiger partial charge in [0, 0.05) is 17.9 Å². The molecule has 100 valence electrons. The lowest BCUT2D eigenvalue weighted by Crippen LogP contribution is -2.26. The molecular formula is C15H18N2O2. The second kappa shape index (κ2) is 6.66. The van der Waals surface area contributed by atoms with E-state index in [4.69, 9.17) is 10.5 Å². The lowest BCUT2D eigenvalue weighted by atomic mass is 10.2. The number of hydrogen-bond donors (Lipinski definition) is 3. The Morgan fingerprint density at radius 2 is 1.89 bits per heavy atom. The van der Waals surface area contributed by atoms with E-state index in [1.165, 1.54) is 0 Å². The van der Waals surface area contributed by atoms with Crippen molar-refractivity contribution in [3.63, 3.8) is 0 Å². The molecule has 0 saturated heterocycles. The monoisotopic (exact) mass is 258 g/mol. The first-order chi connectivity index (χ1) is 9.24. The third-order valence-corrected chi connectivity index (χ3v) is 2.61. The van der Waals surface area contributed by atoms with Crippen molar-refractivity contribution in [3.8, 4) is 5.75 Å². The van der Waals surface area contributed by atoms with E-state index in [0.717, 1.165) is 11.4 Å². The van der Waals surface area contributed by atoms with Gasteiger partial charge >= 0.3 is 0 Å². The molecule has 0 spiro atoms. The van der Waals surface area contributed by atoms with E-state index in [0.29, 0.717) is 12.2 Å². The van der Waals surface area contributed by atoms with Gasteiger partial charge in [0.15, 0.2) is 0 Å². The van der Waals surface area contributed by atoms with Gasteiger partial charge in [-0.3, -0.25) is 0 Å². The largest absolute Gasteiger partial charge is 0.491 e. The van der Waals surface area contributed by atoms with Gasteiger partial charge in [-0.1, -0.05) is 24.3 Å². The Balaban J connectivity index is 1.74. The summed E-state index contributed by atoms with van der Waals surface area (Å²) in [6.45, 7) is 0.662. The Morgan fingerprint density at radius 3 is 2.63 bits per heavy atom. The maximum Gasteiger partial charge on any atom is 0.119 e. The highest BCUT2D eigenvalue weighted by atomic mass is 16.5. The topological polar surface area (TPSA) is 67.5 Å². The Hall–Kier alpha value is -2.20. The van der Waals surface area contributed by atoms with E-state index >= 15 is 0 Å². The van der Waals surface area contributed by atoms with Crippen molar-refractivity contribution in [1.29, 1.82) is 0 Å². The smallest absolute Gasteiger partial charge is 0.119 e. The Bertz CT molecular complexity index is 503. The molecule has 0 aliphatic carbocycles. The van der Waals surface area contributed by atoms with Crippen molar-refractivity contribution in [2.45, 2.75) is 6.10 Å². The highest BCUT2D eigenvalue weighted by molar-refractivity contribution is 5.54. The van der Waals surface area contributed by atoms with Crippen molar-refractivity contribution in [2.75, 3.05) is 24.2 Å². The Labute approximate surface area is 112 Å². The number of ether oxygens (including phenoxy) is 1. The lowest BCUT2D eigenvalue weighted by Gasteiger charge is -2.14. The molecule has 0 aromatic heterocycles. The first-order valence-corrected chi connectivity index (χ1v) is 6.19. The molecule has 1 atom stereocenters. The van der Waals surface area contributed by atoms with Crippen molar-refractivity contribution in [3.05, 3.63) is 54.6 Å². The van der Waals surface area contributed by atoms with Crippen LogP contribution >= 0.6 is 0 Å². The zero-order valence-corrected chi connectivity index (χ0v) is 10.6. The van der Waals surface area contributed by atoms with E-state index < -0.39 is 6.10 Å². The number of hydrogen-bond acceptors (Lipinski definition) is 4. The van der Waals surface area contributed by atoms with Gasteiger partial charge < -0.3 is 20.9 Å². The van der Waals surface area contributed by atoms with Crippen LogP contribution in [0.4, 0.5) is 11.4 Å². The maximum absolute atomic E-state index is 9.82. The standard InChI is InChI=1S/C15H18N2O2/c16-12-5-4-6-13(9-12)17-10-14(18)11-19-15-7-2-1-3-8-15/h1-9,14,17-18H,10-11,16H2. The summed E-state index contributed by atoms with van der Waals surface area (Å²) in [6, 6.07) is 16.8. The number of benzene rings is 2. The summed E-state index contributed by atoms with van der Waals surface area (Å²) in [5.74, 6) is 0.755. The number of nitrogens with two attached hydrogens (primary N) is 1. The molecule has 4 heteroatoms. The minimum absolute atomic E-state index is 0.249. The highest BCUT2D eigenvalue weighted by Crippen LogP contribution is 2.12. The number of aliphatic hydroxyl groups excluding tert-OH is 1. The summed E-state index contributed by atoms with van der Waals surface area (Å²) in [4.78, 5) is 0. The number of anilines is 2. The molecule has 2 rings (SSSR count). The summed E-state index contributed by atoms with van der Waals surface area (Å²) >= 11 is 0. The maximum atomic E-state index is 9.82. The second-order valence-electron chi connectivity index (χ2n) is 4.28. The van der Waals surface area contributed by atoms with Gasteiger partial charge in [0.25, 0.3) is 0 Å². The molecule has 0 amide bonds. The van der Waals surface area contributed by atoms with E-state index in [1.54, 1.807) is 0 Å². The summed E-state index contributed by atoms with van der Waals surface area (Å²) in [7, 11) is 0. The van der Waals surface area contributed by atoms with Crippen LogP contribution in [0.25, 0.3) is 0 Å².